The summed E-state index contributed by atoms with van der Waals surface area (Å²) in [5.41, 5.74) is 7.53. The van der Waals surface area contributed by atoms with Gasteiger partial charge in [-0.1, -0.05) is 0 Å². The Morgan fingerprint density at radius 3 is 3.17 bits per heavy atom. The van der Waals surface area contributed by atoms with Gasteiger partial charge in [-0.15, -0.1) is 0 Å². The van der Waals surface area contributed by atoms with Gasteiger partial charge in [0.15, 0.2) is 0 Å². The van der Waals surface area contributed by atoms with E-state index in [4.69, 9.17) is 5.73 Å². The van der Waals surface area contributed by atoms with Gasteiger partial charge in [0, 0.05) is 28.8 Å². The molecule has 0 aliphatic heterocycles. The van der Waals surface area contributed by atoms with Gasteiger partial charge in [-0.05, 0) is 27.6 Å². The quantitative estimate of drug-likeness (QED) is 0.778. The second-order valence-corrected chi connectivity index (χ2v) is 3.48. The van der Waals surface area contributed by atoms with Gasteiger partial charge in [0.25, 0.3) is 0 Å². The molecule has 0 aliphatic carbocycles. The Bertz CT molecular complexity index is 408. The van der Waals surface area contributed by atoms with Crippen molar-refractivity contribution in [3.05, 3.63) is 28.5 Å². The van der Waals surface area contributed by atoms with Crippen LogP contribution in [0.3, 0.4) is 0 Å². The highest BCUT2D eigenvalue weighted by molar-refractivity contribution is 9.10. The SMILES string of the molecule is NCc1c[nH]c2ncc(Br)cc12. The third kappa shape index (κ3) is 1.13. The topological polar surface area (TPSA) is 54.7 Å². The van der Waals surface area contributed by atoms with Crippen LogP contribution >= 0.6 is 15.9 Å². The minimum absolute atomic E-state index is 0.540. The van der Waals surface area contributed by atoms with Crippen molar-refractivity contribution in [1.29, 1.82) is 0 Å². The molecule has 3 N–H and O–H groups in total. The van der Waals surface area contributed by atoms with Crippen molar-refractivity contribution in [2.45, 2.75) is 6.54 Å². The highest BCUT2D eigenvalue weighted by Gasteiger charge is 2.02. The van der Waals surface area contributed by atoms with Crippen LogP contribution in [0.2, 0.25) is 0 Å². The monoisotopic (exact) mass is 225 g/mol. The van der Waals surface area contributed by atoms with Crippen LogP contribution in [0.15, 0.2) is 22.9 Å². The minimum atomic E-state index is 0.540. The van der Waals surface area contributed by atoms with Crippen LogP contribution in [0.4, 0.5) is 0 Å². The number of rotatable bonds is 1. The van der Waals surface area contributed by atoms with Crippen LogP contribution in [-0.2, 0) is 6.54 Å². The van der Waals surface area contributed by atoms with E-state index in [0.717, 1.165) is 21.1 Å². The predicted molar refractivity (Wildman–Crippen MR) is 51.7 cm³/mol. The largest absolute Gasteiger partial charge is 0.346 e. The number of nitrogens with zero attached hydrogens (tertiary/aromatic N) is 1. The standard InChI is InChI=1S/C8H8BrN3/c9-6-1-7-5(2-10)3-11-8(7)12-4-6/h1,3-4H,2,10H2,(H,11,12). The van der Waals surface area contributed by atoms with E-state index in [1.165, 1.54) is 0 Å². The summed E-state index contributed by atoms with van der Waals surface area (Å²) in [6.07, 6.45) is 3.66. The smallest absolute Gasteiger partial charge is 0.137 e. The lowest BCUT2D eigenvalue weighted by Crippen LogP contribution is -1.94. The highest BCUT2D eigenvalue weighted by Crippen LogP contribution is 2.19. The Balaban J connectivity index is 2.75. The van der Waals surface area contributed by atoms with Gasteiger partial charge < -0.3 is 10.7 Å². The van der Waals surface area contributed by atoms with Gasteiger partial charge in [0.2, 0.25) is 0 Å². The first-order chi connectivity index (χ1) is 5.81. The van der Waals surface area contributed by atoms with Crippen LogP contribution in [0.5, 0.6) is 0 Å². The summed E-state index contributed by atoms with van der Waals surface area (Å²) in [5, 5.41) is 1.09. The van der Waals surface area contributed by atoms with Gasteiger partial charge in [0.1, 0.15) is 5.65 Å². The summed E-state index contributed by atoms with van der Waals surface area (Å²) < 4.78 is 0.976. The van der Waals surface area contributed by atoms with Gasteiger partial charge >= 0.3 is 0 Å². The van der Waals surface area contributed by atoms with Gasteiger partial charge in [-0.2, -0.15) is 0 Å². The van der Waals surface area contributed by atoms with E-state index >= 15 is 0 Å². The molecule has 0 fully saturated rings. The summed E-state index contributed by atoms with van der Waals surface area (Å²) in [4.78, 5) is 7.25. The van der Waals surface area contributed by atoms with Crippen molar-refractivity contribution < 1.29 is 0 Å². The predicted octanol–water partition coefficient (Wildman–Crippen LogP) is 1.78. The fourth-order valence-electron chi connectivity index (χ4n) is 1.20. The summed E-state index contributed by atoms with van der Waals surface area (Å²) in [5.74, 6) is 0. The molecule has 2 aromatic heterocycles. The number of pyridine rings is 1. The second kappa shape index (κ2) is 2.88. The molecule has 2 aromatic rings. The molecule has 4 heteroatoms. The number of H-pyrrole nitrogens is 1. The molecule has 2 heterocycles. The first-order valence-electron chi connectivity index (χ1n) is 3.63. The zero-order chi connectivity index (χ0) is 8.55. The molecule has 0 bridgehead atoms. The maximum absolute atomic E-state index is 5.55. The molecule has 3 nitrogen and oxygen atoms in total. The summed E-state index contributed by atoms with van der Waals surface area (Å²) in [7, 11) is 0. The van der Waals surface area contributed by atoms with Gasteiger partial charge in [-0.3, -0.25) is 0 Å². The molecule has 0 aliphatic rings. The molecule has 0 spiro atoms. The molecular formula is C8H8BrN3. The maximum atomic E-state index is 5.55. The molecule has 62 valence electrons. The van der Waals surface area contributed by atoms with Crippen molar-refractivity contribution in [1.82, 2.24) is 9.97 Å². The average molecular weight is 226 g/mol. The van der Waals surface area contributed by atoms with Crippen LogP contribution in [-0.4, -0.2) is 9.97 Å². The Labute approximate surface area is 78.1 Å². The van der Waals surface area contributed by atoms with E-state index in [1.807, 2.05) is 12.3 Å². The van der Waals surface area contributed by atoms with Crippen molar-refractivity contribution in [2.75, 3.05) is 0 Å². The summed E-state index contributed by atoms with van der Waals surface area (Å²) >= 11 is 3.36. The number of hydrogen-bond acceptors (Lipinski definition) is 2. The lowest BCUT2D eigenvalue weighted by molar-refractivity contribution is 1.08. The fraction of sp³-hybridized carbons (Fsp3) is 0.125. The lowest BCUT2D eigenvalue weighted by atomic mass is 10.2. The zero-order valence-corrected chi connectivity index (χ0v) is 7.93. The molecule has 0 amide bonds. The maximum Gasteiger partial charge on any atom is 0.137 e. The van der Waals surface area contributed by atoms with Crippen LogP contribution < -0.4 is 5.73 Å². The second-order valence-electron chi connectivity index (χ2n) is 2.57. The minimum Gasteiger partial charge on any atom is -0.346 e. The van der Waals surface area contributed by atoms with Crippen LogP contribution in [0, 0.1) is 0 Å². The van der Waals surface area contributed by atoms with Gasteiger partial charge in [0.05, 0.1) is 0 Å². The van der Waals surface area contributed by atoms with Crippen LogP contribution in [0.25, 0.3) is 11.0 Å². The van der Waals surface area contributed by atoms with Crippen molar-refractivity contribution in [3.8, 4) is 0 Å². The Kier molecular flexibility index (Phi) is 1.86. The number of nitrogens with two attached hydrogens (primary N) is 1. The van der Waals surface area contributed by atoms with Crippen LogP contribution in [0.1, 0.15) is 5.56 Å². The third-order valence-electron chi connectivity index (χ3n) is 1.80. The number of fused-ring (bicyclic) bond motifs is 1. The molecule has 12 heavy (non-hydrogen) atoms. The number of hydrogen-bond donors (Lipinski definition) is 2. The highest BCUT2D eigenvalue weighted by atomic mass is 79.9. The zero-order valence-electron chi connectivity index (χ0n) is 6.34. The molecule has 0 unspecified atom stereocenters. The molecule has 0 saturated carbocycles. The molecule has 0 atom stereocenters. The van der Waals surface area contributed by atoms with Crippen molar-refractivity contribution >= 4 is 27.0 Å². The molecular weight excluding hydrogens is 218 g/mol. The Morgan fingerprint density at radius 1 is 1.58 bits per heavy atom. The molecule has 0 aromatic carbocycles. The molecule has 0 radical (unpaired) electrons. The van der Waals surface area contributed by atoms with E-state index in [9.17, 15) is 0 Å². The lowest BCUT2D eigenvalue weighted by Gasteiger charge is -1.93. The van der Waals surface area contributed by atoms with E-state index in [1.54, 1.807) is 6.20 Å². The first-order valence-corrected chi connectivity index (χ1v) is 4.42. The number of aromatic nitrogens is 2. The van der Waals surface area contributed by atoms with E-state index in [-0.39, 0.29) is 0 Å². The van der Waals surface area contributed by atoms with Crippen molar-refractivity contribution in [2.24, 2.45) is 5.73 Å². The summed E-state index contributed by atoms with van der Waals surface area (Å²) in [6, 6.07) is 2.01. The van der Waals surface area contributed by atoms with Crippen molar-refractivity contribution in [3.63, 3.8) is 0 Å². The van der Waals surface area contributed by atoms with Gasteiger partial charge in [-0.25, -0.2) is 4.98 Å². The third-order valence-corrected chi connectivity index (χ3v) is 2.24. The number of halogens is 1. The summed E-state index contributed by atoms with van der Waals surface area (Å²) in [6.45, 7) is 0.540. The molecule has 2 rings (SSSR count). The Morgan fingerprint density at radius 2 is 2.42 bits per heavy atom. The number of aromatic amines is 1. The first kappa shape index (κ1) is 7.76. The Hall–Kier alpha value is -0.870. The van der Waals surface area contributed by atoms with E-state index in [0.29, 0.717) is 6.54 Å². The fourth-order valence-corrected chi connectivity index (χ4v) is 1.53. The molecule has 0 saturated heterocycles. The van der Waals surface area contributed by atoms with E-state index in [2.05, 4.69) is 25.9 Å². The normalized spacial score (nSPS) is 10.8. The average Bonchev–Trinajstić information content (AvgIpc) is 2.46. The number of nitrogens with one attached hydrogen (secondary N) is 1. The van der Waals surface area contributed by atoms with E-state index < -0.39 is 0 Å².